The van der Waals surface area contributed by atoms with Crippen LogP contribution in [0.4, 0.5) is 4.39 Å². The summed E-state index contributed by atoms with van der Waals surface area (Å²) in [5.74, 6) is -3.26. The average molecular weight is 411 g/mol. The number of ether oxygens (including phenoxy) is 1. The first-order valence-corrected chi connectivity index (χ1v) is 10.1. The molecule has 0 aromatic heterocycles. The Hall–Kier alpha value is -3.06. The number of hydrogen-bond acceptors (Lipinski definition) is 4. The van der Waals surface area contributed by atoms with Crippen LogP contribution in [-0.4, -0.2) is 35.8 Å². The number of hydrogen-bond donors (Lipinski definition) is 1. The van der Waals surface area contributed by atoms with E-state index in [2.05, 4.69) is 0 Å². The second kappa shape index (κ2) is 7.65. The number of carbonyl (C=O) groups excluding carboxylic acids is 3. The molecule has 2 aromatic rings. The van der Waals surface area contributed by atoms with Crippen molar-refractivity contribution in [2.75, 3.05) is 13.2 Å². The van der Waals surface area contributed by atoms with Crippen molar-refractivity contribution < 1.29 is 28.8 Å². The van der Waals surface area contributed by atoms with Crippen molar-refractivity contribution in [3.05, 3.63) is 71.5 Å². The Morgan fingerprint density at radius 3 is 2.33 bits per heavy atom. The highest BCUT2D eigenvalue weighted by atomic mass is 19.1. The Labute approximate surface area is 174 Å². The molecule has 2 N–H and O–H groups in total. The SMILES string of the molecule is CCOC(=O)[C@]1(c2ccccc2)[NH2+][C@@H](c2ccc(F)cc2)[C@H]2C(=O)N(CC)C(=O)[C@H]21. The lowest BCUT2D eigenvalue weighted by molar-refractivity contribution is -0.742. The number of amides is 2. The Kier molecular flexibility index (Phi) is 5.15. The van der Waals surface area contributed by atoms with Gasteiger partial charge < -0.3 is 10.1 Å². The van der Waals surface area contributed by atoms with E-state index in [1.807, 2.05) is 6.07 Å². The average Bonchev–Trinajstić information content (AvgIpc) is 3.24. The first kappa shape index (κ1) is 20.2. The van der Waals surface area contributed by atoms with E-state index in [1.165, 1.54) is 17.0 Å². The van der Waals surface area contributed by atoms with Crippen LogP contribution in [0, 0.1) is 17.7 Å². The van der Waals surface area contributed by atoms with Gasteiger partial charge in [-0.05, 0) is 26.0 Å². The first-order valence-electron chi connectivity index (χ1n) is 10.1. The minimum Gasteiger partial charge on any atom is -0.461 e. The van der Waals surface area contributed by atoms with E-state index >= 15 is 0 Å². The summed E-state index contributed by atoms with van der Waals surface area (Å²) < 4.78 is 19.0. The third-order valence-corrected chi connectivity index (χ3v) is 6.20. The smallest absolute Gasteiger partial charge is 0.373 e. The lowest BCUT2D eigenvalue weighted by Crippen LogP contribution is -2.96. The second-order valence-corrected chi connectivity index (χ2v) is 7.62. The summed E-state index contributed by atoms with van der Waals surface area (Å²) in [5.41, 5.74) is -0.0905. The number of carbonyl (C=O) groups is 3. The Balaban J connectivity index is 1.93. The molecular formula is C23H24FN2O4+. The summed E-state index contributed by atoms with van der Waals surface area (Å²) in [6, 6.07) is 14.3. The van der Waals surface area contributed by atoms with Gasteiger partial charge in [-0.15, -0.1) is 0 Å². The molecule has 2 aliphatic rings. The molecule has 2 fully saturated rings. The summed E-state index contributed by atoms with van der Waals surface area (Å²) in [4.78, 5) is 41.2. The topological polar surface area (TPSA) is 80.3 Å². The molecule has 0 saturated carbocycles. The first-order chi connectivity index (χ1) is 14.5. The molecule has 0 aliphatic carbocycles. The van der Waals surface area contributed by atoms with Crippen molar-refractivity contribution in [2.24, 2.45) is 11.8 Å². The minimum atomic E-state index is -1.39. The molecule has 2 aromatic carbocycles. The highest BCUT2D eigenvalue weighted by Crippen LogP contribution is 2.48. The molecule has 2 heterocycles. The van der Waals surface area contributed by atoms with Gasteiger partial charge in [-0.2, -0.15) is 0 Å². The Morgan fingerprint density at radius 1 is 1.07 bits per heavy atom. The number of rotatable bonds is 5. The third kappa shape index (κ3) is 2.84. The number of nitrogens with zero attached hydrogens (tertiary/aromatic N) is 1. The van der Waals surface area contributed by atoms with Gasteiger partial charge in [-0.3, -0.25) is 14.5 Å². The van der Waals surface area contributed by atoms with Crippen LogP contribution in [-0.2, 0) is 24.7 Å². The Morgan fingerprint density at radius 2 is 1.73 bits per heavy atom. The molecule has 156 valence electrons. The van der Waals surface area contributed by atoms with Crippen LogP contribution in [0.1, 0.15) is 31.0 Å². The van der Waals surface area contributed by atoms with Crippen LogP contribution >= 0.6 is 0 Å². The lowest BCUT2D eigenvalue weighted by Gasteiger charge is -2.30. The fraction of sp³-hybridized carbons (Fsp3) is 0.348. The molecule has 30 heavy (non-hydrogen) atoms. The van der Waals surface area contributed by atoms with Gasteiger partial charge >= 0.3 is 5.97 Å². The van der Waals surface area contributed by atoms with E-state index in [1.54, 1.807) is 55.6 Å². The van der Waals surface area contributed by atoms with Crippen LogP contribution in [0.2, 0.25) is 0 Å². The fourth-order valence-corrected chi connectivity index (χ4v) is 4.94. The predicted octanol–water partition coefficient (Wildman–Crippen LogP) is 1.52. The standard InChI is InChI=1S/C23H23FN2O4/c1-3-26-20(27)17-18(21(26)28)23(22(29)30-4-2,15-8-6-5-7-9-15)25-19(17)14-10-12-16(24)13-11-14/h5-13,17-19,25H,3-4H2,1-2H3/p+1/t17-,18-,19-,23+/m0/s1. The van der Waals surface area contributed by atoms with Crippen LogP contribution in [0.5, 0.6) is 0 Å². The van der Waals surface area contributed by atoms with Gasteiger partial charge in [0.15, 0.2) is 0 Å². The van der Waals surface area contributed by atoms with Gasteiger partial charge in [0, 0.05) is 17.7 Å². The zero-order chi connectivity index (χ0) is 21.5. The lowest BCUT2D eigenvalue weighted by atomic mass is 9.75. The molecule has 0 radical (unpaired) electrons. The number of fused-ring (bicyclic) bond motifs is 1. The Bertz CT molecular complexity index is 978. The highest BCUT2D eigenvalue weighted by Gasteiger charge is 2.73. The van der Waals surface area contributed by atoms with E-state index in [0.29, 0.717) is 11.1 Å². The van der Waals surface area contributed by atoms with Crippen molar-refractivity contribution >= 4 is 17.8 Å². The zero-order valence-corrected chi connectivity index (χ0v) is 16.9. The van der Waals surface area contributed by atoms with Gasteiger partial charge in [0.2, 0.25) is 17.4 Å². The number of benzene rings is 2. The van der Waals surface area contributed by atoms with E-state index in [9.17, 15) is 18.8 Å². The van der Waals surface area contributed by atoms with E-state index < -0.39 is 35.2 Å². The quantitative estimate of drug-likeness (QED) is 0.598. The van der Waals surface area contributed by atoms with Gasteiger partial charge in [0.1, 0.15) is 23.7 Å². The minimum absolute atomic E-state index is 0.152. The van der Waals surface area contributed by atoms with Crippen molar-refractivity contribution in [3.8, 4) is 0 Å². The van der Waals surface area contributed by atoms with Gasteiger partial charge in [-0.1, -0.05) is 42.5 Å². The maximum absolute atomic E-state index is 13.5. The fourth-order valence-electron chi connectivity index (χ4n) is 4.94. The van der Waals surface area contributed by atoms with Crippen LogP contribution in [0.15, 0.2) is 54.6 Å². The largest absolute Gasteiger partial charge is 0.461 e. The maximum Gasteiger partial charge on any atom is 0.373 e. The van der Waals surface area contributed by atoms with E-state index in [-0.39, 0.29) is 25.0 Å². The molecule has 4 rings (SSSR count). The zero-order valence-electron chi connectivity index (χ0n) is 16.9. The van der Waals surface area contributed by atoms with Gasteiger partial charge in [0.25, 0.3) is 0 Å². The van der Waals surface area contributed by atoms with Gasteiger partial charge in [0.05, 0.1) is 6.61 Å². The van der Waals surface area contributed by atoms with Crippen molar-refractivity contribution in [2.45, 2.75) is 25.4 Å². The van der Waals surface area contributed by atoms with Gasteiger partial charge in [-0.25, -0.2) is 9.18 Å². The molecule has 0 unspecified atom stereocenters. The number of nitrogens with two attached hydrogens (primary N) is 1. The summed E-state index contributed by atoms with van der Waals surface area (Å²) in [6.07, 6.45) is 0. The number of halogens is 1. The predicted molar refractivity (Wildman–Crippen MR) is 105 cm³/mol. The summed E-state index contributed by atoms with van der Waals surface area (Å²) >= 11 is 0. The number of imide groups is 1. The maximum atomic E-state index is 13.5. The number of quaternary nitrogens is 1. The molecule has 6 nitrogen and oxygen atoms in total. The third-order valence-electron chi connectivity index (χ3n) is 6.20. The molecule has 2 aliphatic heterocycles. The molecule has 7 heteroatoms. The number of likely N-dealkylation sites (tertiary alicyclic amines) is 1. The molecule has 4 atom stereocenters. The molecule has 2 saturated heterocycles. The van der Waals surface area contributed by atoms with Crippen molar-refractivity contribution in [3.63, 3.8) is 0 Å². The molecule has 2 amide bonds. The van der Waals surface area contributed by atoms with E-state index in [4.69, 9.17) is 4.74 Å². The second-order valence-electron chi connectivity index (χ2n) is 7.62. The molecular weight excluding hydrogens is 387 g/mol. The molecule has 0 bridgehead atoms. The molecule has 0 spiro atoms. The van der Waals surface area contributed by atoms with E-state index in [0.717, 1.165) is 0 Å². The van der Waals surface area contributed by atoms with Crippen molar-refractivity contribution in [1.82, 2.24) is 4.90 Å². The normalized spacial score (nSPS) is 28.0. The summed E-state index contributed by atoms with van der Waals surface area (Å²) in [5, 5.41) is 1.77. The summed E-state index contributed by atoms with van der Waals surface area (Å²) in [7, 11) is 0. The van der Waals surface area contributed by atoms with Crippen LogP contribution in [0.3, 0.4) is 0 Å². The van der Waals surface area contributed by atoms with Crippen LogP contribution in [0.25, 0.3) is 0 Å². The monoisotopic (exact) mass is 411 g/mol. The number of esters is 1. The summed E-state index contributed by atoms with van der Waals surface area (Å²) in [6.45, 7) is 3.83. The van der Waals surface area contributed by atoms with Crippen LogP contribution < -0.4 is 5.32 Å². The highest BCUT2D eigenvalue weighted by molar-refractivity contribution is 6.08. The van der Waals surface area contributed by atoms with Crippen molar-refractivity contribution in [1.29, 1.82) is 0 Å².